The maximum absolute atomic E-state index is 6.55. The summed E-state index contributed by atoms with van der Waals surface area (Å²) in [6.07, 6.45) is 1.83. The maximum atomic E-state index is 6.55. The molecule has 7 aromatic carbocycles. The second-order valence-electron chi connectivity index (χ2n) is 12.1. The normalized spacial score (nSPS) is 11.5. The van der Waals surface area contributed by atoms with Crippen molar-refractivity contribution in [2.75, 3.05) is 0 Å². The van der Waals surface area contributed by atoms with Gasteiger partial charge in [-0.15, -0.1) is 0 Å². The van der Waals surface area contributed by atoms with Crippen LogP contribution in [-0.4, -0.2) is 19.9 Å². The predicted octanol–water partition coefficient (Wildman–Crippen LogP) is 10.9. The van der Waals surface area contributed by atoms with Crippen LogP contribution in [-0.2, 0) is 0 Å². The van der Waals surface area contributed by atoms with Crippen molar-refractivity contribution in [1.29, 1.82) is 0 Å². The number of para-hydroxylation sites is 1. The molecule has 226 valence electrons. The summed E-state index contributed by atoms with van der Waals surface area (Å²) in [5.74, 6) is 1.75. The van der Waals surface area contributed by atoms with Crippen LogP contribution in [0.2, 0.25) is 0 Å². The zero-order chi connectivity index (χ0) is 32.3. The molecule has 0 unspecified atom stereocenters. The summed E-state index contributed by atoms with van der Waals surface area (Å²) in [5, 5.41) is 7.45. The molecule has 0 amide bonds. The molecule has 3 aromatic heterocycles. The van der Waals surface area contributed by atoms with Crippen molar-refractivity contribution >= 4 is 54.4 Å². The summed E-state index contributed by atoms with van der Waals surface area (Å²) in [6, 6.07) is 53.7. The summed E-state index contributed by atoms with van der Waals surface area (Å²) in [7, 11) is 0. The first-order valence-electron chi connectivity index (χ1n) is 16.1. The molecule has 5 nitrogen and oxygen atoms in total. The van der Waals surface area contributed by atoms with E-state index in [4.69, 9.17) is 24.4 Å². The van der Waals surface area contributed by atoms with E-state index < -0.39 is 0 Å². The lowest BCUT2D eigenvalue weighted by molar-refractivity contribution is 0.670. The molecule has 0 fully saturated rings. The van der Waals surface area contributed by atoms with Crippen molar-refractivity contribution in [3.05, 3.63) is 158 Å². The number of pyridine rings is 1. The van der Waals surface area contributed by atoms with E-state index in [1.165, 1.54) is 0 Å². The Kier molecular flexibility index (Phi) is 6.02. The van der Waals surface area contributed by atoms with Gasteiger partial charge in [0.1, 0.15) is 11.2 Å². The third-order valence-corrected chi connectivity index (χ3v) is 9.19. The van der Waals surface area contributed by atoms with Gasteiger partial charge in [-0.05, 0) is 64.2 Å². The Morgan fingerprint density at radius 3 is 2.16 bits per heavy atom. The molecule has 0 radical (unpaired) electrons. The Morgan fingerprint density at radius 2 is 1.24 bits per heavy atom. The van der Waals surface area contributed by atoms with Gasteiger partial charge >= 0.3 is 0 Å². The zero-order valence-electron chi connectivity index (χ0n) is 26.1. The van der Waals surface area contributed by atoms with Crippen LogP contribution in [0.1, 0.15) is 0 Å². The Balaban J connectivity index is 1.21. The van der Waals surface area contributed by atoms with Gasteiger partial charge in [0, 0.05) is 50.0 Å². The maximum Gasteiger partial charge on any atom is 0.165 e. The van der Waals surface area contributed by atoms with E-state index >= 15 is 0 Å². The molecule has 0 spiro atoms. The minimum absolute atomic E-state index is 0.576. The highest BCUT2D eigenvalue weighted by molar-refractivity contribution is 6.22. The van der Waals surface area contributed by atoms with Crippen LogP contribution in [0.25, 0.3) is 99.7 Å². The lowest BCUT2D eigenvalue weighted by atomic mass is 9.97. The van der Waals surface area contributed by atoms with Gasteiger partial charge in [0.25, 0.3) is 0 Å². The molecule has 5 heteroatoms. The van der Waals surface area contributed by atoms with E-state index in [9.17, 15) is 0 Å². The first-order valence-corrected chi connectivity index (χ1v) is 16.1. The largest absolute Gasteiger partial charge is 0.455 e. The zero-order valence-corrected chi connectivity index (χ0v) is 26.1. The number of fused-ring (bicyclic) bond motifs is 8. The van der Waals surface area contributed by atoms with Crippen LogP contribution < -0.4 is 0 Å². The average molecular weight is 625 g/mol. The second kappa shape index (κ2) is 10.8. The molecular weight excluding hydrogens is 601 g/mol. The van der Waals surface area contributed by atoms with Crippen molar-refractivity contribution in [3.63, 3.8) is 0 Å². The van der Waals surface area contributed by atoms with Gasteiger partial charge in [-0.3, -0.25) is 4.98 Å². The van der Waals surface area contributed by atoms with Crippen LogP contribution in [0.3, 0.4) is 0 Å². The van der Waals surface area contributed by atoms with Crippen LogP contribution in [0.5, 0.6) is 0 Å². The van der Waals surface area contributed by atoms with Crippen LogP contribution in [0.15, 0.2) is 150 Å². The molecule has 0 saturated carbocycles. The third kappa shape index (κ3) is 4.43. The fourth-order valence-corrected chi connectivity index (χ4v) is 6.93. The number of aromatic nitrogens is 4. The highest BCUT2D eigenvalue weighted by Crippen LogP contribution is 2.41. The van der Waals surface area contributed by atoms with Crippen molar-refractivity contribution in [3.8, 4) is 45.3 Å². The Morgan fingerprint density at radius 1 is 0.510 bits per heavy atom. The van der Waals surface area contributed by atoms with E-state index in [0.717, 1.165) is 82.2 Å². The molecule has 0 N–H and O–H groups in total. The van der Waals surface area contributed by atoms with E-state index in [-0.39, 0.29) is 0 Å². The second-order valence-corrected chi connectivity index (χ2v) is 12.1. The first-order chi connectivity index (χ1) is 24.3. The van der Waals surface area contributed by atoms with E-state index in [0.29, 0.717) is 17.5 Å². The van der Waals surface area contributed by atoms with Crippen LogP contribution in [0, 0.1) is 12.1 Å². The van der Waals surface area contributed by atoms with Gasteiger partial charge < -0.3 is 4.42 Å². The van der Waals surface area contributed by atoms with Crippen molar-refractivity contribution < 1.29 is 4.42 Å². The third-order valence-electron chi connectivity index (χ3n) is 9.19. The van der Waals surface area contributed by atoms with E-state index in [2.05, 4.69) is 78.9 Å². The molecule has 10 rings (SSSR count). The molecule has 3 heterocycles. The summed E-state index contributed by atoms with van der Waals surface area (Å²) in [5.41, 5.74) is 7.18. The summed E-state index contributed by atoms with van der Waals surface area (Å²) in [6.45, 7) is 0. The number of hydrogen-bond acceptors (Lipinski definition) is 5. The molecular formula is C44H24N4O. The smallest absolute Gasteiger partial charge is 0.165 e. The molecule has 0 bridgehead atoms. The Bertz CT molecular complexity index is 2890. The summed E-state index contributed by atoms with van der Waals surface area (Å²) in [4.78, 5) is 20.0. The van der Waals surface area contributed by atoms with Crippen molar-refractivity contribution in [2.24, 2.45) is 0 Å². The highest BCUT2D eigenvalue weighted by atomic mass is 16.3. The summed E-state index contributed by atoms with van der Waals surface area (Å²) < 4.78 is 6.55. The molecule has 49 heavy (non-hydrogen) atoms. The number of rotatable bonds is 4. The monoisotopic (exact) mass is 624 g/mol. The molecule has 10 aromatic rings. The standard InChI is InChI=1S/C44H24N4O/c1-2-12-27(13-3-1)42-46-43(48-44(47-42)37-25-29-14-4-5-17-31(29)32-18-6-7-19-33(32)37)30-16-10-15-28(24-30)36-26-38-34(21-11-23-45-38)40-35-20-8-9-22-39(35)49-41(36)40/h1-6,8-18,20-26H. The lowest BCUT2D eigenvalue weighted by Crippen LogP contribution is -2.01. The van der Waals surface area contributed by atoms with Crippen molar-refractivity contribution in [2.45, 2.75) is 0 Å². The first kappa shape index (κ1) is 27.2. The number of furan rings is 1. The highest BCUT2D eigenvalue weighted by Gasteiger charge is 2.19. The molecule has 0 aliphatic rings. The van der Waals surface area contributed by atoms with Gasteiger partial charge in [0.2, 0.25) is 0 Å². The Labute approximate surface area is 281 Å². The average Bonchev–Trinajstić information content (AvgIpc) is 3.58. The predicted molar refractivity (Wildman–Crippen MR) is 197 cm³/mol. The minimum atomic E-state index is 0.576. The summed E-state index contributed by atoms with van der Waals surface area (Å²) >= 11 is 0. The molecule has 0 aliphatic heterocycles. The van der Waals surface area contributed by atoms with E-state index in [1.807, 2.05) is 79.0 Å². The van der Waals surface area contributed by atoms with Crippen LogP contribution in [0.4, 0.5) is 0 Å². The number of hydrogen-bond donors (Lipinski definition) is 0. The minimum Gasteiger partial charge on any atom is -0.455 e. The fourth-order valence-electron chi connectivity index (χ4n) is 6.93. The van der Waals surface area contributed by atoms with Gasteiger partial charge in [-0.2, -0.15) is 0 Å². The van der Waals surface area contributed by atoms with Gasteiger partial charge in [0.05, 0.1) is 5.52 Å². The topological polar surface area (TPSA) is 64.7 Å². The Hall–Kier alpha value is -6.90. The number of benzene rings is 6. The fraction of sp³-hybridized carbons (Fsp3) is 0. The SMILES string of the molecule is c1ccc2c(c#1)c(-c1nc(-c3ccccc3)nc(-c3cccc(-c4cc5ncccc5c5c4oc4ccccc45)c3)n1)cc1ccccc12. The van der Waals surface area contributed by atoms with Crippen molar-refractivity contribution in [1.82, 2.24) is 19.9 Å². The molecule has 0 saturated heterocycles. The van der Waals surface area contributed by atoms with Gasteiger partial charge in [0.15, 0.2) is 17.5 Å². The number of nitrogens with zero attached hydrogens (tertiary/aromatic N) is 4. The molecule has 0 atom stereocenters. The van der Waals surface area contributed by atoms with E-state index in [1.54, 1.807) is 0 Å². The quantitative estimate of drug-likeness (QED) is 0.195. The van der Waals surface area contributed by atoms with Gasteiger partial charge in [-0.1, -0.05) is 109 Å². The van der Waals surface area contributed by atoms with Crippen LogP contribution >= 0.6 is 0 Å². The molecule has 0 aliphatic carbocycles. The van der Waals surface area contributed by atoms with Gasteiger partial charge in [-0.25, -0.2) is 15.0 Å². The lowest BCUT2D eigenvalue weighted by Gasteiger charge is -2.12.